The summed E-state index contributed by atoms with van der Waals surface area (Å²) in [4.78, 5) is 6.68. The summed E-state index contributed by atoms with van der Waals surface area (Å²) >= 11 is 0. The highest BCUT2D eigenvalue weighted by Crippen LogP contribution is 2.33. The molecule has 4 nitrogen and oxygen atoms in total. The first-order chi connectivity index (χ1) is 8.03. The first-order valence-corrected chi connectivity index (χ1v) is 6.47. The Morgan fingerprint density at radius 3 is 2.35 bits per heavy atom. The van der Waals surface area contributed by atoms with Crippen LogP contribution in [0.4, 0.5) is 0 Å². The van der Waals surface area contributed by atoms with Gasteiger partial charge >= 0.3 is 0 Å². The molecule has 0 aromatic carbocycles. The Kier molecular flexibility index (Phi) is 4.71. The predicted molar refractivity (Wildman–Crippen MR) is 71.8 cm³/mol. The van der Waals surface area contributed by atoms with E-state index in [0.29, 0.717) is 0 Å². The second-order valence-corrected chi connectivity index (χ2v) is 4.75. The molecule has 1 aromatic heterocycles. The van der Waals surface area contributed by atoms with Crippen molar-refractivity contribution >= 4 is 0 Å². The molecule has 17 heavy (non-hydrogen) atoms. The Labute approximate surface area is 105 Å². The van der Waals surface area contributed by atoms with E-state index < -0.39 is 0 Å². The number of aromatic nitrogens is 2. The lowest BCUT2D eigenvalue weighted by molar-refractivity contribution is 0.101. The zero-order valence-electron chi connectivity index (χ0n) is 11.8. The number of likely N-dealkylation sites (N-methyl/N-ethyl adjacent to an activating group) is 1. The molecule has 0 bridgehead atoms. The van der Waals surface area contributed by atoms with Crippen molar-refractivity contribution < 1.29 is 0 Å². The van der Waals surface area contributed by atoms with Crippen LogP contribution in [0.1, 0.15) is 45.5 Å². The average molecular weight is 238 g/mol. The van der Waals surface area contributed by atoms with Crippen molar-refractivity contribution in [2.45, 2.75) is 51.7 Å². The fourth-order valence-corrected chi connectivity index (χ4v) is 2.71. The molecule has 0 radical (unpaired) electrons. The molecule has 1 atom stereocenters. The largest absolute Gasteiger partial charge is 0.334 e. The van der Waals surface area contributed by atoms with E-state index in [0.717, 1.165) is 25.2 Å². The third kappa shape index (κ3) is 2.38. The van der Waals surface area contributed by atoms with Gasteiger partial charge in [-0.05, 0) is 33.9 Å². The van der Waals surface area contributed by atoms with Crippen molar-refractivity contribution in [1.29, 1.82) is 0 Å². The molecule has 0 amide bonds. The molecule has 1 unspecified atom stereocenters. The SMILES string of the molecule is CCn1ccnc1C(N)C(CC)(CC)N(C)C. The number of aryl methyl sites for hydroxylation is 1. The number of hydrogen-bond donors (Lipinski definition) is 1. The lowest BCUT2D eigenvalue weighted by Gasteiger charge is -2.43. The molecule has 1 heterocycles. The predicted octanol–water partition coefficient (Wildman–Crippen LogP) is 2.02. The van der Waals surface area contributed by atoms with Crippen LogP contribution >= 0.6 is 0 Å². The van der Waals surface area contributed by atoms with Gasteiger partial charge in [0.2, 0.25) is 0 Å². The van der Waals surface area contributed by atoms with Gasteiger partial charge < -0.3 is 15.2 Å². The molecule has 0 fully saturated rings. The molecule has 1 aromatic rings. The summed E-state index contributed by atoms with van der Waals surface area (Å²) in [5.74, 6) is 0.991. The maximum Gasteiger partial charge on any atom is 0.127 e. The molecule has 0 aliphatic heterocycles. The summed E-state index contributed by atoms with van der Waals surface area (Å²) in [5.41, 5.74) is 6.48. The maximum absolute atomic E-state index is 6.49. The van der Waals surface area contributed by atoms with Gasteiger partial charge in [-0.25, -0.2) is 4.98 Å². The zero-order valence-corrected chi connectivity index (χ0v) is 11.8. The van der Waals surface area contributed by atoms with Crippen molar-refractivity contribution in [3.63, 3.8) is 0 Å². The van der Waals surface area contributed by atoms with Crippen LogP contribution in [0, 0.1) is 0 Å². The molecular weight excluding hydrogens is 212 g/mol. The molecule has 0 saturated heterocycles. The number of nitrogens with two attached hydrogens (primary N) is 1. The number of imidazole rings is 1. The van der Waals surface area contributed by atoms with Crippen molar-refractivity contribution in [3.05, 3.63) is 18.2 Å². The van der Waals surface area contributed by atoms with E-state index in [2.05, 4.69) is 49.3 Å². The van der Waals surface area contributed by atoms with Crippen LogP contribution in [0.3, 0.4) is 0 Å². The van der Waals surface area contributed by atoms with Crippen LogP contribution in [-0.2, 0) is 6.54 Å². The summed E-state index contributed by atoms with van der Waals surface area (Å²) in [5, 5.41) is 0. The molecule has 1 rings (SSSR count). The second kappa shape index (κ2) is 5.65. The fourth-order valence-electron chi connectivity index (χ4n) is 2.71. The van der Waals surface area contributed by atoms with Crippen LogP contribution in [0.2, 0.25) is 0 Å². The van der Waals surface area contributed by atoms with Crippen LogP contribution in [-0.4, -0.2) is 34.1 Å². The van der Waals surface area contributed by atoms with E-state index in [1.54, 1.807) is 0 Å². The van der Waals surface area contributed by atoms with Gasteiger partial charge in [-0.15, -0.1) is 0 Å². The molecule has 0 aliphatic carbocycles. The average Bonchev–Trinajstić information content (AvgIpc) is 2.78. The zero-order chi connectivity index (χ0) is 13.1. The Morgan fingerprint density at radius 2 is 1.94 bits per heavy atom. The van der Waals surface area contributed by atoms with Crippen molar-refractivity contribution in [1.82, 2.24) is 14.5 Å². The van der Waals surface area contributed by atoms with E-state index in [-0.39, 0.29) is 11.6 Å². The lowest BCUT2D eigenvalue weighted by Crippen LogP contribution is -2.52. The molecule has 4 heteroatoms. The van der Waals surface area contributed by atoms with E-state index in [1.165, 1.54) is 0 Å². The Morgan fingerprint density at radius 1 is 1.35 bits per heavy atom. The van der Waals surface area contributed by atoms with Gasteiger partial charge in [0.1, 0.15) is 5.82 Å². The van der Waals surface area contributed by atoms with E-state index >= 15 is 0 Å². The fraction of sp³-hybridized carbons (Fsp3) is 0.769. The molecule has 0 saturated carbocycles. The van der Waals surface area contributed by atoms with Crippen LogP contribution in [0.15, 0.2) is 12.4 Å². The van der Waals surface area contributed by atoms with Gasteiger partial charge in [0, 0.05) is 24.5 Å². The standard InChI is InChI=1S/C13H26N4/c1-6-13(7-2,16(4)5)11(14)12-15-9-10-17(12)8-3/h9-11H,6-8,14H2,1-5H3. The summed E-state index contributed by atoms with van der Waals surface area (Å²) in [7, 11) is 4.21. The third-order valence-electron chi connectivity index (χ3n) is 4.06. The van der Waals surface area contributed by atoms with Crippen molar-refractivity contribution in [3.8, 4) is 0 Å². The van der Waals surface area contributed by atoms with E-state index in [1.807, 2.05) is 12.4 Å². The highest BCUT2D eigenvalue weighted by atomic mass is 15.2. The van der Waals surface area contributed by atoms with Gasteiger partial charge in [-0.1, -0.05) is 13.8 Å². The third-order valence-corrected chi connectivity index (χ3v) is 4.06. The molecular formula is C13H26N4. The Balaban J connectivity index is 3.12. The van der Waals surface area contributed by atoms with E-state index in [4.69, 9.17) is 5.73 Å². The normalized spacial score (nSPS) is 14.3. The quantitative estimate of drug-likeness (QED) is 0.825. The van der Waals surface area contributed by atoms with E-state index in [9.17, 15) is 0 Å². The smallest absolute Gasteiger partial charge is 0.127 e. The maximum atomic E-state index is 6.49. The summed E-state index contributed by atoms with van der Waals surface area (Å²) < 4.78 is 2.13. The summed E-state index contributed by atoms with van der Waals surface area (Å²) in [6.07, 6.45) is 5.88. The second-order valence-electron chi connectivity index (χ2n) is 4.75. The number of nitrogens with zero attached hydrogens (tertiary/aromatic N) is 3. The first kappa shape index (κ1) is 14.2. The highest BCUT2D eigenvalue weighted by Gasteiger charge is 2.38. The van der Waals surface area contributed by atoms with Gasteiger partial charge in [0.05, 0.1) is 6.04 Å². The lowest BCUT2D eigenvalue weighted by atomic mass is 9.83. The van der Waals surface area contributed by atoms with Gasteiger partial charge in [-0.2, -0.15) is 0 Å². The number of hydrogen-bond acceptors (Lipinski definition) is 3. The topological polar surface area (TPSA) is 47.1 Å². The molecule has 0 aliphatic rings. The summed E-state index contributed by atoms with van der Waals surface area (Å²) in [6.45, 7) is 7.43. The van der Waals surface area contributed by atoms with Crippen molar-refractivity contribution in [2.75, 3.05) is 14.1 Å². The molecule has 98 valence electrons. The van der Waals surface area contributed by atoms with Gasteiger partial charge in [0.15, 0.2) is 0 Å². The molecule has 2 N–H and O–H groups in total. The minimum Gasteiger partial charge on any atom is -0.334 e. The highest BCUT2D eigenvalue weighted by molar-refractivity contribution is 5.09. The first-order valence-electron chi connectivity index (χ1n) is 6.47. The summed E-state index contributed by atoms with van der Waals surface area (Å²) in [6, 6.07) is -0.0533. The van der Waals surface area contributed by atoms with Crippen LogP contribution in [0.5, 0.6) is 0 Å². The number of rotatable bonds is 6. The van der Waals surface area contributed by atoms with Crippen LogP contribution < -0.4 is 5.73 Å². The minimum atomic E-state index is -0.0533. The minimum absolute atomic E-state index is 0.0156. The monoisotopic (exact) mass is 238 g/mol. The van der Waals surface area contributed by atoms with Gasteiger partial charge in [0.25, 0.3) is 0 Å². The van der Waals surface area contributed by atoms with Gasteiger partial charge in [-0.3, -0.25) is 0 Å². The van der Waals surface area contributed by atoms with Crippen LogP contribution in [0.25, 0.3) is 0 Å². The molecule has 0 spiro atoms. The van der Waals surface area contributed by atoms with Crippen molar-refractivity contribution in [2.24, 2.45) is 5.73 Å². The Hall–Kier alpha value is -0.870. The Bertz CT molecular complexity index is 339.